The molecule has 1 aliphatic carbocycles. The molecule has 3 radical (unpaired) electrons. The molecule has 0 aromatic heterocycles. The number of hydrogen-bond donors (Lipinski definition) is 1. The van der Waals surface area contributed by atoms with E-state index in [1.165, 1.54) is 116 Å². The van der Waals surface area contributed by atoms with Crippen molar-refractivity contribution in [3.05, 3.63) is 111 Å². The fraction of sp³-hybridized carbons (Fsp3) is 0.600. The monoisotopic (exact) mass is 1210 g/mol. The molecule has 8 unspecified atom stereocenters. The molecule has 14 heteroatoms. The maximum absolute atomic E-state index is 11.2. The van der Waals surface area contributed by atoms with Crippen LogP contribution in [0.5, 0.6) is 28.7 Å². The number of rotatable bonds is 24. The topological polar surface area (TPSA) is 126 Å². The second-order valence-corrected chi connectivity index (χ2v) is 27.5. The van der Waals surface area contributed by atoms with Gasteiger partial charge in [-0.2, -0.15) is 0 Å². The zero-order chi connectivity index (χ0) is 64.9. The van der Waals surface area contributed by atoms with E-state index in [4.69, 9.17) is 47.4 Å². The van der Waals surface area contributed by atoms with Crippen molar-refractivity contribution in [1.29, 1.82) is 0 Å². The Labute approximate surface area is 537 Å². The van der Waals surface area contributed by atoms with E-state index in [1.807, 2.05) is 0 Å². The summed E-state index contributed by atoms with van der Waals surface area (Å²) in [5, 5.41) is 11.2. The van der Waals surface area contributed by atoms with Gasteiger partial charge in [0.25, 0.3) is 0 Å². The second kappa shape index (κ2) is 28.1. The van der Waals surface area contributed by atoms with E-state index in [2.05, 4.69) is 188 Å². The Morgan fingerprint density at radius 2 is 0.551 bits per heavy atom. The van der Waals surface area contributed by atoms with Crippen LogP contribution in [-0.2, 0) is 23.7 Å². The lowest BCUT2D eigenvalue weighted by Gasteiger charge is -2.48. The van der Waals surface area contributed by atoms with Crippen LogP contribution in [0.2, 0.25) is 5.82 Å². The summed E-state index contributed by atoms with van der Waals surface area (Å²) in [5.41, 5.74) is 30.0. The molecule has 4 saturated heterocycles. The van der Waals surface area contributed by atoms with Crippen LogP contribution in [0.1, 0.15) is 139 Å². The molecule has 5 fully saturated rings. The Morgan fingerprint density at radius 3 is 0.798 bits per heavy atom. The third-order valence-corrected chi connectivity index (χ3v) is 22.1. The Kier molecular flexibility index (Phi) is 21.6. The minimum atomic E-state index is -0.816. The molecule has 0 amide bonds. The van der Waals surface area contributed by atoms with Crippen LogP contribution in [-0.4, -0.2) is 130 Å². The van der Waals surface area contributed by atoms with Gasteiger partial charge < -0.3 is 52.5 Å². The summed E-state index contributed by atoms with van der Waals surface area (Å²) >= 11 is 0. The lowest BCUT2D eigenvalue weighted by molar-refractivity contribution is -0.0776. The standard InChI is InChI=1S/C49H64B2O7.C26H40BO4/c1-23-31(9)46(32(10)24(2)42(23)50-44-27(5)35(13)48(36(14)28(44)6)57-21-40-19-53-40)55-17-39(52)18-56-47-33(11)25(3)43(26(4)34(47)12)51-45-29(7)37(15)49(38(16)30(45)8)58-22-41-20-54-41;1-13-17(5)25(30-11-21-9-28-21)18(6)14(2)23(13)27-24-15(3)19(7)26(20(8)16(24)4)31-12-22-10-29-22/h39-41,52H,17-22H2,1-16H3;13-14,17-18,21-23,25H,9-12H2,1-8H3. The van der Waals surface area contributed by atoms with E-state index in [1.54, 1.807) is 0 Å². The zero-order valence-electron chi connectivity index (χ0n) is 58.7. The first-order chi connectivity index (χ1) is 42.0. The number of aliphatic hydroxyl groups is 1. The van der Waals surface area contributed by atoms with Crippen molar-refractivity contribution in [1.82, 2.24) is 0 Å². The van der Waals surface area contributed by atoms with Gasteiger partial charge in [-0.05, 0) is 218 Å². The minimum Gasteiger partial charge on any atom is -0.490 e. The van der Waals surface area contributed by atoms with E-state index < -0.39 is 6.10 Å². The molecule has 0 bridgehead atoms. The number of hydrogen-bond acceptors (Lipinski definition) is 11. The van der Waals surface area contributed by atoms with Crippen LogP contribution >= 0.6 is 0 Å². The van der Waals surface area contributed by atoms with Crippen molar-refractivity contribution < 1.29 is 52.5 Å². The second-order valence-electron chi connectivity index (χ2n) is 27.5. The molecule has 5 aliphatic rings. The van der Waals surface area contributed by atoms with Crippen molar-refractivity contribution in [2.45, 2.75) is 209 Å². The zero-order valence-corrected chi connectivity index (χ0v) is 58.7. The van der Waals surface area contributed by atoms with E-state index in [0.29, 0.717) is 61.5 Å². The maximum atomic E-state index is 11.2. The predicted molar refractivity (Wildman–Crippen MR) is 365 cm³/mol. The van der Waals surface area contributed by atoms with Gasteiger partial charge >= 0.3 is 0 Å². The number of epoxide rings is 4. The van der Waals surface area contributed by atoms with Crippen molar-refractivity contribution in [3.8, 4) is 28.7 Å². The molecule has 1 N–H and O–H groups in total. The average molecular weight is 1210 g/mol. The van der Waals surface area contributed by atoms with Crippen molar-refractivity contribution >= 4 is 49.2 Å². The van der Waals surface area contributed by atoms with Gasteiger partial charge in [0, 0.05) is 0 Å². The molecule has 10 rings (SSSR count). The van der Waals surface area contributed by atoms with Crippen LogP contribution in [0.15, 0.2) is 0 Å². The van der Waals surface area contributed by atoms with Crippen molar-refractivity contribution in [2.24, 2.45) is 23.7 Å². The van der Waals surface area contributed by atoms with Crippen LogP contribution < -0.4 is 51.0 Å². The number of benzene rings is 5. The van der Waals surface area contributed by atoms with Gasteiger partial charge in [0.2, 0.25) is 0 Å². The van der Waals surface area contributed by atoms with Crippen LogP contribution in [0.3, 0.4) is 0 Å². The summed E-state index contributed by atoms with van der Waals surface area (Å²) in [6, 6.07) is 0. The molecule has 0 spiro atoms. The van der Waals surface area contributed by atoms with Crippen LogP contribution in [0.4, 0.5) is 0 Å². The molecular formula is C75H104B3O11. The molecule has 5 aromatic carbocycles. The summed E-state index contributed by atoms with van der Waals surface area (Å²) in [4.78, 5) is 0. The van der Waals surface area contributed by atoms with Crippen molar-refractivity contribution in [3.63, 3.8) is 0 Å². The third-order valence-electron chi connectivity index (χ3n) is 22.1. The van der Waals surface area contributed by atoms with Crippen LogP contribution in [0.25, 0.3) is 0 Å². The first-order valence-corrected chi connectivity index (χ1v) is 33.0. The summed E-state index contributed by atoms with van der Waals surface area (Å²) in [6.45, 7) is 59.0. The summed E-state index contributed by atoms with van der Waals surface area (Å²) in [5.74, 6) is 7.35. The molecule has 1 saturated carbocycles. The van der Waals surface area contributed by atoms with Gasteiger partial charge in [0.15, 0.2) is 21.8 Å². The lowest BCUT2D eigenvalue weighted by Crippen LogP contribution is -2.48. The van der Waals surface area contributed by atoms with E-state index in [0.717, 1.165) is 84.0 Å². The Hall–Kier alpha value is -4.95. The molecule has 479 valence electrons. The molecule has 89 heavy (non-hydrogen) atoms. The normalized spacial score (nSPS) is 23.5. The van der Waals surface area contributed by atoms with E-state index in [-0.39, 0.29) is 31.5 Å². The van der Waals surface area contributed by atoms with Gasteiger partial charge in [0.05, 0.1) is 39.1 Å². The molecule has 5 aromatic rings. The van der Waals surface area contributed by atoms with Crippen molar-refractivity contribution in [2.75, 3.05) is 66.1 Å². The van der Waals surface area contributed by atoms with Gasteiger partial charge in [-0.15, -0.1) is 0 Å². The summed E-state index contributed by atoms with van der Waals surface area (Å²) in [6.07, 6.45) is 0.532. The molecule has 4 aliphatic heterocycles. The van der Waals surface area contributed by atoms with Crippen LogP contribution in [0, 0.1) is 162 Å². The molecule has 8 atom stereocenters. The Bertz CT molecular complexity index is 3130. The molecular weight excluding hydrogens is 1110 g/mol. The highest BCUT2D eigenvalue weighted by molar-refractivity contribution is 6.70. The minimum absolute atomic E-state index is 0.125. The third kappa shape index (κ3) is 14.6. The fourth-order valence-corrected chi connectivity index (χ4v) is 13.9. The fourth-order valence-electron chi connectivity index (χ4n) is 13.9. The number of ether oxygens (including phenoxy) is 10. The summed E-state index contributed by atoms with van der Waals surface area (Å²) in [7, 11) is 7.23. The highest BCUT2D eigenvalue weighted by Crippen LogP contribution is 2.47. The summed E-state index contributed by atoms with van der Waals surface area (Å²) < 4.78 is 59.3. The molecule has 11 nitrogen and oxygen atoms in total. The van der Waals surface area contributed by atoms with E-state index in [9.17, 15) is 5.11 Å². The van der Waals surface area contributed by atoms with Gasteiger partial charge in [-0.3, -0.25) is 0 Å². The number of aliphatic hydroxyl groups excluding tert-OH is 1. The Balaban J connectivity index is 0.000000254. The molecule has 4 heterocycles. The lowest BCUT2D eigenvalue weighted by atomic mass is 9.43. The van der Waals surface area contributed by atoms with Gasteiger partial charge in [-0.25, -0.2) is 0 Å². The maximum Gasteiger partial charge on any atom is 0.192 e. The largest absolute Gasteiger partial charge is 0.490 e. The highest BCUT2D eigenvalue weighted by Gasteiger charge is 2.45. The first kappa shape index (κ1) is 68.4. The quantitative estimate of drug-likeness (QED) is 0.0469. The Morgan fingerprint density at radius 1 is 0.326 bits per heavy atom. The highest BCUT2D eigenvalue weighted by atomic mass is 16.6. The average Bonchev–Trinajstić information content (AvgIpc) is 1.66. The predicted octanol–water partition coefficient (Wildman–Crippen LogP) is 10.5. The van der Waals surface area contributed by atoms with E-state index >= 15 is 0 Å². The first-order valence-electron chi connectivity index (χ1n) is 33.0. The smallest absolute Gasteiger partial charge is 0.192 e. The van der Waals surface area contributed by atoms with Gasteiger partial charge in [-0.1, -0.05) is 116 Å². The van der Waals surface area contributed by atoms with Gasteiger partial charge in [0.1, 0.15) is 92.3 Å². The SMILES string of the molecule is Cc1c(C)c(OCC(O)COc2c(C)c(C)c([B]c3c(C)c(C)c(OCC4CO4)c(C)c3C)c(C)c2C)c(C)c(C)c1[B]c1c(C)c(C)c(OCC2CO2)c(C)c1C.Cc1c(C)c(OCC2CO2)c(C)c(C)c1[B]C1C(C)C(C)C(OCC2CO2)C(C)C1C.